The third-order valence-corrected chi connectivity index (χ3v) is 4.36. The van der Waals surface area contributed by atoms with Crippen molar-refractivity contribution in [3.63, 3.8) is 0 Å². The van der Waals surface area contributed by atoms with Crippen LogP contribution < -0.4 is 10.6 Å². The normalized spacial score (nSPS) is 19.4. The van der Waals surface area contributed by atoms with E-state index >= 15 is 0 Å². The Bertz CT molecular complexity index is 586. The molecule has 1 aliphatic rings. The minimum Gasteiger partial charge on any atom is -0.344 e. The Kier molecular flexibility index (Phi) is 5.64. The van der Waals surface area contributed by atoms with E-state index in [4.69, 9.17) is 0 Å². The number of nitrogens with zero attached hydrogens (tertiary/aromatic N) is 1. The lowest BCUT2D eigenvalue weighted by molar-refractivity contribution is -0.132. The van der Waals surface area contributed by atoms with Crippen molar-refractivity contribution in [1.29, 1.82) is 0 Å². The van der Waals surface area contributed by atoms with E-state index in [9.17, 15) is 9.59 Å². The van der Waals surface area contributed by atoms with E-state index in [0.717, 1.165) is 6.42 Å². The van der Waals surface area contributed by atoms with Gasteiger partial charge in [-0.15, -0.1) is 0 Å². The Morgan fingerprint density at radius 1 is 1.39 bits per heavy atom. The highest BCUT2D eigenvalue weighted by Crippen LogP contribution is 2.13. The summed E-state index contributed by atoms with van der Waals surface area (Å²) < 4.78 is 0. The van der Waals surface area contributed by atoms with Crippen molar-refractivity contribution in [3.05, 3.63) is 34.9 Å². The summed E-state index contributed by atoms with van der Waals surface area (Å²) in [5.74, 6) is 0.145. The van der Waals surface area contributed by atoms with Crippen LogP contribution in [0.15, 0.2) is 18.2 Å². The Morgan fingerprint density at radius 3 is 2.78 bits per heavy atom. The average Bonchev–Trinajstić information content (AvgIpc) is 2.46. The van der Waals surface area contributed by atoms with Gasteiger partial charge in [-0.2, -0.15) is 0 Å². The van der Waals surface area contributed by atoms with Gasteiger partial charge < -0.3 is 15.5 Å². The average molecular weight is 317 g/mol. The molecule has 126 valence electrons. The second-order valence-electron chi connectivity index (χ2n) is 6.66. The summed E-state index contributed by atoms with van der Waals surface area (Å²) in [4.78, 5) is 25.2. The first-order chi connectivity index (χ1) is 10.8. The number of nitrogens with one attached hydrogen (secondary N) is 2. The van der Waals surface area contributed by atoms with Gasteiger partial charge in [0.25, 0.3) is 0 Å². The Morgan fingerprint density at radius 2 is 2.13 bits per heavy atom. The number of amides is 3. The van der Waals surface area contributed by atoms with Gasteiger partial charge in [-0.05, 0) is 44.7 Å². The van der Waals surface area contributed by atoms with Gasteiger partial charge in [0.1, 0.15) is 0 Å². The van der Waals surface area contributed by atoms with E-state index in [-0.39, 0.29) is 24.0 Å². The van der Waals surface area contributed by atoms with Gasteiger partial charge in [0, 0.05) is 32.1 Å². The number of urea groups is 1. The number of aryl methyl sites for hydroxylation is 2. The van der Waals surface area contributed by atoms with Gasteiger partial charge >= 0.3 is 6.03 Å². The number of carbonyl (C=O) groups is 2. The van der Waals surface area contributed by atoms with Crippen LogP contribution in [0.25, 0.3) is 0 Å². The molecule has 0 aromatic heterocycles. The third-order valence-electron chi connectivity index (χ3n) is 4.36. The minimum atomic E-state index is -0.157. The molecule has 1 saturated heterocycles. The molecule has 0 aliphatic carbocycles. The van der Waals surface area contributed by atoms with Crippen LogP contribution in [0.5, 0.6) is 0 Å². The molecule has 1 aromatic rings. The molecule has 3 amide bonds. The highest BCUT2D eigenvalue weighted by atomic mass is 16.2. The maximum absolute atomic E-state index is 12.1. The van der Waals surface area contributed by atoms with Gasteiger partial charge in [0.05, 0.1) is 0 Å². The molecule has 0 radical (unpaired) electrons. The SMILES string of the molecule is Cc1ccc(C[C@H](C)NC(=O)N[C@H]2CCC(=O)N(C)C2)c(C)c1. The number of benzene rings is 1. The number of hydrogen-bond acceptors (Lipinski definition) is 2. The minimum absolute atomic E-state index is 0.0333. The van der Waals surface area contributed by atoms with Crippen molar-refractivity contribution < 1.29 is 9.59 Å². The summed E-state index contributed by atoms with van der Waals surface area (Å²) in [7, 11) is 1.77. The van der Waals surface area contributed by atoms with Crippen LogP contribution in [-0.2, 0) is 11.2 Å². The van der Waals surface area contributed by atoms with Crippen LogP contribution in [0.4, 0.5) is 4.79 Å². The van der Waals surface area contributed by atoms with E-state index in [1.807, 2.05) is 6.92 Å². The zero-order valence-corrected chi connectivity index (χ0v) is 14.5. The van der Waals surface area contributed by atoms with E-state index < -0.39 is 0 Å². The molecular weight excluding hydrogens is 290 g/mol. The van der Waals surface area contributed by atoms with Crippen LogP contribution >= 0.6 is 0 Å². The number of hydrogen-bond donors (Lipinski definition) is 2. The Hall–Kier alpha value is -2.04. The summed E-state index contributed by atoms with van der Waals surface area (Å²) >= 11 is 0. The molecule has 1 aromatic carbocycles. The predicted octanol–water partition coefficient (Wildman–Crippen LogP) is 2.15. The second-order valence-corrected chi connectivity index (χ2v) is 6.66. The highest BCUT2D eigenvalue weighted by molar-refractivity contribution is 5.78. The first kappa shape index (κ1) is 17.3. The number of rotatable bonds is 4. The lowest BCUT2D eigenvalue weighted by Gasteiger charge is -2.30. The molecule has 2 N–H and O–H groups in total. The lowest BCUT2D eigenvalue weighted by atomic mass is 10.00. The summed E-state index contributed by atoms with van der Waals surface area (Å²) in [6, 6.07) is 6.32. The number of carbonyl (C=O) groups excluding carboxylic acids is 2. The topological polar surface area (TPSA) is 61.4 Å². The monoisotopic (exact) mass is 317 g/mol. The highest BCUT2D eigenvalue weighted by Gasteiger charge is 2.24. The lowest BCUT2D eigenvalue weighted by Crippen LogP contribution is -2.52. The fourth-order valence-corrected chi connectivity index (χ4v) is 3.04. The smallest absolute Gasteiger partial charge is 0.315 e. The molecule has 0 saturated carbocycles. The maximum atomic E-state index is 12.1. The fourth-order valence-electron chi connectivity index (χ4n) is 3.04. The van der Waals surface area contributed by atoms with Crippen molar-refractivity contribution in [2.75, 3.05) is 13.6 Å². The van der Waals surface area contributed by atoms with Crippen molar-refractivity contribution in [3.8, 4) is 0 Å². The first-order valence-electron chi connectivity index (χ1n) is 8.22. The van der Waals surface area contributed by atoms with E-state index in [2.05, 4.69) is 42.7 Å². The summed E-state index contributed by atoms with van der Waals surface area (Å²) in [6.07, 6.45) is 2.02. The molecule has 1 heterocycles. The molecule has 1 fully saturated rings. The van der Waals surface area contributed by atoms with Crippen molar-refractivity contribution >= 4 is 11.9 Å². The van der Waals surface area contributed by atoms with Gasteiger partial charge in [0.2, 0.25) is 5.91 Å². The molecule has 23 heavy (non-hydrogen) atoms. The van der Waals surface area contributed by atoms with Gasteiger partial charge in [-0.1, -0.05) is 23.8 Å². The van der Waals surface area contributed by atoms with Gasteiger partial charge in [-0.25, -0.2) is 4.79 Å². The summed E-state index contributed by atoms with van der Waals surface area (Å²) in [5, 5.41) is 5.96. The molecule has 5 heteroatoms. The van der Waals surface area contributed by atoms with E-state index in [0.29, 0.717) is 19.4 Å². The van der Waals surface area contributed by atoms with Crippen molar-refractivity contribution in [1.82, 2.24) is 15.5 Å². The van der Waals surface area contributed by atoms with E-state index in [1.165, 1.54) is 16.7 Å². The second kappa shape index (κ2) is 7.49. The maximum Gasteiger partial charge on any atom is 0.315 e. The van der Waals surface area contributed by atoms with Crippen LogP contribution in [0.2, 0.25) is 0 Å². The molecule has 0 unspecified atom stereocenters. The van der Waals surface area contributed by atoms with E-state index in [1.54, 1.807) is 11.9 Å². The molecule has 0 spiro atoms. The third kappa shape index (κ3) is 4.98. The molecule has 5 nitrogen and oxygen atoms in total. The number of likely N-dealkylation sites (N-methyl/N-ethyl adjacent to an activating group) is 1. The zero-order valence-electron chi connectivity index (χ0n) is 14.5. The quantitative estimate of drug-likeness (QED) is 0.894. The van der Waals surface area contributed by atoms with Crippen LogP contribution in [0.1, 0.15) is 36.5 Å². The molecule has 2 rings (SSSR count). The standard InChI is InChI=1S/C18H27N3O2/c1-12-5-6-15(13(2)9-12)10-14(3)19-18(23)20-16-7-8-17(22)21(4)11-16/h5-6,9,14,16H,7-8,10-11H2,1-4H3,(H2,19,20,23)/t14-,16-/m0/s1. The van der Waals surface area contributed by atoms with Gasteiger partial charge in [0.15, 0.2) is 0 Å². The summed E-state index contributed by atoms with van der Waals surface area (Å²) in [6.45, 7) is 6.77. The molecule has 0 bridgehead atoms. The molecule has 2 atom stereocenters. The zero-order chi connectivity index (χ0) is 17.0. The fraction of sp³-hybridized carbons (Fsp3) is 0.556. The largest absolute Gasteiger partial charge is 0.344 e. The Labute approximate surface area is 138 Å². The molecular formula is C18H27N3O2. The predicted molar refractivity (Wildman–Crippen MR) is 91.4 cm³/mol. The van der Waals surface area contributed by atoms with Crippen LogP contribution in [-0.4, -0.2) is 42.5 Å². The summed E-state index contributed by atoms with van der Waals surface area (Å²) in [5.41, 5.74) is 3.76. The van der Waals surface area contributed by atoms with Crippen LogP contribution in [0.3, 0.4) is 0 Å². The first-order valence-corrected chi connectivity index (χ1v) is 8.22. The van der Waals surface area contributed by atoms with Crippen LogP contribution in [0, 0.1) is 13.8 Å². The molecule has 1 aliphatic heterocycles. The Balaban J connectivity index is 1.81. The van der Waals surface area contributed by atoms with Gasteiger partial charge in [-0.3, -0.25) is 4.79 Å². The number of likely N-dealkylation sites (tertiary alicyclic amines) is 1. The van der Waals surface area contributed by atoms with Crippen molar-refractivity contribution in [2.24, 2.45) is 0 Å². The number of piperidine rings is 1. The van der Waals surface area contributed by atoms with Crippen molar-refractivity contribution in [2.45, 2.75) is 52.1 Å².